The van der Waals surface area contributed by atoms with E-state index in [1.165, 1.54) is 35.4 Å². The molecule has 238 valence electrons. The summed E-state index contributed by atoms with van der Waals surface area (Å²) in [6, 6.07) is 15.7. The van der Waals surface area contributed by atoms with Crippen LogP contribution >= 0.6 is 23.5 Å². The Bertz CT molecular complexity index is 1280. The fraction of sp³-hybridized carbons (Fsp3) is 0.235. The molecule has 0 bridgehead atoms. The van der Waals surface area contributed by atoms with Crippen LogP contribution in [-0.4, -0.2) is 57.8 Å². The zero-order valence-electron chi connectivity index (χ0n) is 25.5. The van der Waals surface area contributed by atoms with Crippen LogP contribution in [0.15, 0.2) is 97.1 Å². The summed E-state index contributed by atoms with van der Waals surface area (Å²) in [5.74, 6) is 0.110. The number of rotatable bonds is 13. The van der Waals surface area contributed by atoms with Gasteiger partial charge in [-0.2, -0.15) is 0 Å². The summed E-state index contributed by atoms with van der Waals surface area (Å²) in [5.41, 5.74) is 4.24. The van der Waals surface area contributed by atoms with Crippen molar-refractivity contribution in [1.29, 1.82) is 0 Å². The molecule has 0 unspecified atom stereocenters. The Hall–Kier alpha value is -3.96. The zero-order chi connectivity index (χ0) is 31.0. The van der Waals surface area contributed by atoms with E-state index in [4.69, 9.17) is 9.47 Å². The Kier molecular flexibility index (Phi) is 25.5. The summed E-state index contributed by atoms with van der Waals surface area (Å²) in [4.78, 5) is 45.5. The first-order valence-corrected chi connectivity index (χ1v) is 15.3. The highest BCUT2D eigenvalue weighted by molar-refractivity contribution is 8.14. The van der Waals surface area contributed by atoms with Crippen molar-refractivity contribution >= 4 is 57.8 Å². The van der Waals surface area contributed by atoms with E-state index in [-0.39, 0.29) is 34.4 Å². The fourth-order valence-corrected chi connectivity index (χ4v) is 3.97. The molecule has 0 heterocycles. The molecule has 0 aliphatic carbocycles. The molecule has 0 radical (unpaired) electrons. The van der Waals surface area contributed by atoms with Gasteiger partial charge >= 0.3 is 11.9 Å². The standard InChI is InChI=1S/C18H20O3S.C16H18O3S.2H2O/c1-3-4-5-6-18(20)22-14-13-21-17(19)12-11-16-9-7-15(2)8-10-16;1-3-4-16(18)20-12-11-19-15(17)10-9-14-7-5-13(2)6-8-14;;/h3-12H,13-14H2,1-2H3;3-10H,11-12H2,1-2H3;2*1H2/b4-3+,6-5+,12-11+;4-3-,10-9+;;. The van der Waals surface area contributed by atoms with Crippen LogP contribution in [0.3, 0.4) is 0 Å². The molecule has 0 fully saturated rings. The smallest absolute Gasteiger partial charge is 0.330 e. The molecule has 0 amide bonds. The van der Waals surface area contributed by atoms with Crippen molar-refractivity contribution in [3.05, 3.63) is 119 Å². The van der Waals surface area contributed by atoms with Gasteiger partial charge in [-0.1, -0.05) is 107 Å². The third kappa shape index (κ3) is 22.6. The zero-order valence-corrected chi connectivity index (χ0v) is 27.1. The molecule has 0 spiro atoms. The van der Waals surface area contributed by atoms with E-state index in [1.807, 2.05) is 75.4 Å². The van der Waals surface area contributed by atoms with Crippen LogP contribution in [0.25, 0.3) is 12.2 Å². The van der Waals surface area contributed by atoms with Gasteiger partial charge in [-0.05, 0) is 63.1 Å². The minimum atomic E-state index is -0.405. The quantitative estimate of drug-likeness (QED) is 0.117. The maximum atomic E-state index is 11.5. The van der Waals surface area contributed by atoms with Crippen LogP contribution < -0.4 is 0 Å². The fourth-order valence-electron chi connectivity index (χ4n) is 2.83. The van der Waals surface area contributed by atoms with E-state index in [0.717, 1.165) is 34.7 Å². The predicted molar refractivity (Wildman–Crippen MR) is 183 cm³/mol. The van der Waals surface area contributed by atoms with E-state index >= 15 is 0 Å². The summed E-state index contributed by atoms with van der Waals surface area (Å²) in [7, 11) is 0. The maximum Gasteiger partial charge on any atom is 0.330 e. The van der Waals surface area contributed by atoms with Gasteiger partial charge in [-0.15, -0.1) is 0 Å². The van der Waals surface area contributed by atoms with Gasteiger partial charge in [0.2, 0.25) is 10.2 Å². The molecule has 0 saturated heterocycles. The minimum absolute atomic E-state index is 0. The Balaban J connectivity index is 0. The molecule has 44 heavy (non-hydrogen) atoms. The Morgan fingerprint density at radius 1 is 0.591 bits per heavy atom. The van der Waals surface area contributed by atoms with Crippen LogP contribution in [-0.2, 0) is 28.7 Å². The Labute approximate surface area is 268 Å². The second kappa shape index (κ2) is 26.7. The molecular formula is C34H42O8S2. The first kappa shape index (κ1) is 42.2. The van der Waals surface area contributed by atoms with Crippen molar-refractivity contribution in [2.24, 2.45) is 0 Å². The number of esters is 2. The minimum Gasteiger partial charge on any atom is -0.462 e. The van der Waals surface area contributed by atoms with Crippen molar-refractivity contribution in [3.8, 4) is 0 Å². The van der Waals surface area contributed by atoms with Gasteiger partial charge in [0.25, 0.3) is 0 Å². The summed E-state index contributed by atoms with van der Waals surface area (Å²) in [6.07, 6.45) is 16.2. The van der Waals surface area contributed by atoms with E-state index in [2.05, 4.69) is 0 Å². The molecule has 10 heteroatoms. The topological polar surface area (TPSA) is 150 Å². The molecule has 2 aromatic carbocycles. The number of carbonyl (C=O) groups is 4. The van der Waals surface area contributed by atoms with Crippen molar-refractivity contribution in [1.82, 2.24) is 0 Å². The predicted octanol–water partition coefficient (Wildman–Crippen LogP) is 5.68. The number of ether oxygens (including phenoxy) is 2. The number of aryl methyl sites for hydroxylation is 2. The normalized spacial score (nSPS) is 10.8. The molecule has 2 rings (SSSR count). The van der Waals surface area contributed by atoms with Crippen LogP contribution in [0.5, 0.6) is 0 Å². The highest BCUT2D eigenvalue weighted by atomic mass is 32.2. The number of hydrogen-bond acceptors (Lipinski definition) is 8. The summed E-state index contributed by atoms with van der Waals surface area (Å²) in [5, 5.41) is -0.0805. The third-order valence-corrected chi connectivity index (χ3v) is 6.54. The van der Waals surface area contributed by atoms with Crippen LogP contribution in [0.2, 0.25) is 0 Å². The van der Waals surface area contributed by atoms with Gasteiger partial charge in [-0.3, -0.25) is 9.59 Å². The molecule has 4 N–H and O–H groups in total. The van der Waals surface area contributed by atoms with Crippen molar-refractivity contribution in [3.63, 3.8) is 0 Å². The van der Waals surface area contributed by atoms with Crippen molar-refractivity contribution in [2.45, 2.75) is 27.7 Å². The van der Waals surface area contributed by atoms with E-state index < -0.39 is 11.9 Å². The largest absolute Gasteiger partial charge is 0.462 e. The molecule has 0 saturated carbocycles. The Morgan fingerprint density at radius 3 is 1.39 bits per heavy atom. The lowest BCUT2D eigenvalue weighted by molar-refractivity contribution is -0.137. The highest BCUT2D eigenvalue weighted by Gasteiger charge is 2.01. The average Bonchev–Trinajstić information content (AvgIpc) is 2.97. The number of thioether (sulfide) groups is 2. The van der Waals surface area contributed by atoms with Crippen molar-refractivity contribution in [2.75, 3.05) is 24.7 Å². The van der Waals surface area contributed by atoms with E-state index in [9.17, 15) is 19.2 Å². The first-order chi connectivity index (χ1) is 20.2. The second-order valence-electron chi connectivity index (χ2n) is 8.54. The monoisotopic (exact) mass is 642 g/mol. The molecule has 8 nitrogen and oxygen atoms in total. The maximum absolute atomic E-state index is 11.5. The van der Waals surface area contributed by atoms with Gasteiger partial charge < -0.3 is 20.4 Å². The molecular weight excluding hydrogens is 601 g/mol. The third-order valence-electron chi connectivity index (χ3n) is 4.96. The van der Waals surface area contributed by atoms with Crippen molar-refractivity contribution < 1.29 is 39.6 Å². The van der Waals surface area contributed by atoms with Crippen LogP contribution in [0.1, 0.15) is 36.1 Å². The lowest BCUT2D eigenvalue weighted by Crippen LogP contribution is -2.05. The summed E-state index contributed by atoms with van der Waals surface area (Å²) < 4.78 is 10.0. The van der Waals surface area contributed by atoms with Gasteiger partial charge in [0.1, 0.15) is 13.2 Å². The molecule has 2 aromatic rings. The number of benzene rings is 2. The number of hydrogen-bond donors (Lipinski definition) is 0. The Morgan fingerprint density at radius 2 is 1.00 bits per heavy atom. The lowest BCUT2D eigenvalue weighted by atomic mass is 10.1. The lowest BCUT2D eigenvalue weighted by Gasteiger charge is -2.00. The molecule has 0 atom stereocenters. The molecule has 0 aliphatic rings. The SMILES string of the molecule is C/C=C/C=C/C(=O)SCCOC(=O)/C=C/c1ccc(C)cc1.C/C=C\C(=O)SCCOC(=O)/C=C/c1ccc(C)cc1.O.O. The number of carbonyl (C=O) groups excluding carboxylic acids is 4. The highest BCUT2D eigenvalue weighted by Crippen LogP contribution is 2.07. The molecule has 0 aromatic heterocycles. The van der Waals surface area contributed by atoms with Crippen LogP contribution in [0.4, 0.5) is 0 Å². The first-order valence-electron chi connectivity index (χ1n) is 13.3. The molecule has 0 aliphatic heterocycles. The second-order valence-corrected chi connectivity index (χ2v) is 10.7. The number of allylic oxidation sites excluding steroid dienone is 4. The van der Waals surface area contributed by atoms with Gasteiger partial charge in [-0.25, -0.2) is 9.59 Å². The van der Waals surface area contributed by atoms with E-state index in [0.29, 0.717) is 11.5 Å². The van der Waals surface area contributed by atoms with E-state index in [1.54, 1.807) is 37.3 Å². The van der Waals surface area contributed by atoms with Gasteiger partial charge in [0.05, 0.1) is 0 Å². The summed E-state index contributed by atoms with van der Waals surface area (Å²) >= 11 is 2.26. The van der Waals surface area contributed by atoms with Gasteiger partial charge in [0.15, 0.2) is 0 Å². The van der Waals surface area contributed by atoms with Crippen LogP contribution in [0, 0.1) is 13.8 Å². The average molecular weight is 643 g/mol. The van der Waals surface area contributed by atoms with Gasteiger partial charge in [0, 0.05) is 23.7 Å². The summed E-state index contributed by atoms with van der Waals surface area (Å²) in [6.45, 7) is 8.12.